The number of unbranched alkanes of at least 4 members (excludes halogenated alkanes) is 30. The summed E-state index contributed by atoms with van der Waals surface area (Å²) in [6.07, 6.45) is 45.8. The number of ketones is 1. The smallest absolute Gasteiger partial charge is 0.220 e. The third-order valence-electron chi connectivity index (χ3n) is 10.2. The number of nitrogens with one attached hydrogen (secondary N) is 1. The molecule has 1 atom stereocenters. The number of rotatable bonds is 40. The lowest BCUT2D eigenvalue weighted by Crippen LogP contribution is -2.37. The summed E-state index contributed by atoms with van der Waals surface area (Å²) in [5.41, 5.74) is 0. The second-order valence-electron chi connectivity index (χ2n) is 15.0. The lowest BCUT2D eigenvalue weighted by Gasteiger charge is -2.16. The predicted molar refractivity (Wildman–Crippen MR) is 206 cm³/mol. The number of carbonyl (C=O) groups excluding carboxylic acids is 2. The Bertz CT molecular complexity index is 637. The van der Waals surface area contributed by atoms with Crippen molar-refractivity contribution in [1.29, 1.82) is 0 Å². The number of amides is 1. The van der Waals surface area contributed by atoms with Crippen LogP contribution in [0.2, 0.25) is 0 Å². The molecular weight excluding hydrogens is 578 g/mol. The maximum Gasteiger partial charge on any atom is 0.220 e. The van der Waals surface area contributed by atoms with Crippen LogP contribution in [0.4, 0.5) is 0 Å². The second kappa shape index (κ2) is 39.5. The number of hydrogen-bond acceptors (Lipinski definition) is 3. The highest BCUT2D eigenvalue weighted by Gasteiger charge is 2.11. The number of hydrogen-bond donors (Lipinski definition) is 2. The molecule has 0 saturated heterocycles. The van der Waals surface area contributed by atoms with Crippen LogP contribution >= 0.6 is 0 Å². The molecule has 0 aromatic rings. The van der Waals surface area contributed by atoms with E-state index in [1.54, 1.807) is 0 Å². The van der Waals surface area contributed by atoms with Gasteiger partial charge in [-0.3, -0.25) is 9.59 Å². The van der Waals surface area contributed by atoms with Crippen LogP contribution in [0.1, 0.15) is 251 Å². The number of aliphatic hydroxyl groups excluding tert-OH is 1. The first-order valence-electron chi connectivity index (χ1n) is 21.6. The van der Waals surface area contributed by atoms with Crippen molar-refractivity contribution in [2.75, 3.05) is 6.61 Å². The van der Waals surface area contributed by atoms with Gasteiger partial charge in [0.05, 0.1) is 12.6 Å². The summed E-state index contributed by atoms with van der Waals surface area (Å²) in [5, 5.41) is 12.8. The Morgan fingerprint density at radius 3 is 1.00 bits per heavy atom. The fourth-order valence-electron chi connectivity index (χ4n) is 6.87. The molecule has 0 unspecified atom stereocenters. The standard InChI is InChI=1S/C43H85NO3/c1-3-5-7-9-11-13-15-16-17-19-20-24-28-32-36-41(40-45)44-43(47)39-35-31-27-23-22-26-30-34-38-42(46)37-33-29-25-21-18-14-12-10-8-6-4-2/h41,45H,3-40H2,1-2H3,(H,44,47)/t41-/m1/s1. The minimum Gasteiger partial charge on any atom is -0.394 e. The molecule has 0 bridgehead atoms. The summed E-state index contributed by atoms with van der Waals surface area (Å²) in [6.45, 7) is 4.61. The highest BCUT2D eigenvalue weighted by molar-refractivity contribution is 5.78. The molecule has 0 radical (unpaired) electrons. The molecule has 4 nitrogen and oxygen atoms in total. The molecule has 0 saturated carbocycles. The highest BCUT2D eigenvalue weighted by atomic mass is 16.3. The van der Waals surface area contributed by atoms with Crippen LogP contribution in [0.5, 0.6) is 0 Å². The summed E-state index contributed by atoms with van der Waals surface area (Å²) in [4.78, 5) is 24.5. The largest absolute Gasteiger partial charge is 0.394 e. The normalized spacial score (nSPS) is 12.1. The highest BCUT2D eigenvalue weighted by Crippen LogP contribution is 2.16. The third kappa shape index (κ3) is 37.8. The van der Waals surface area contributed by atoms with E-state index in [1.807, 2.05) is 0 Å². The first-order chi connectivity index (χ1) is 23.1. The van der Waals surface area contributed by atoms with Crippen LogP contribution in [0.25, 0.3) is 0 Å². The van der Waals surface area contributed by atoms with E-state index in [-0.39, 0.29) is 18.6 Å². The molecule has 1 amide bonds. The zero-order valence-electron chi connectivity index (χ0n) is 32.2. The van der Waals surface area contributed by atoms with Gasteiger partial charge in [-0.25, -0.2) is 0 Å². The average molecular weight is 664 g/mol. The predicted octanol–water partition coefficient (Wildman–Crippen LogP) is 13.5. The molecule has 47 heavy (non-hydrogen) atoms. The van der Waals surface area contributed by atoms with Gasteiger partial charge in [-0.15, -0.1) is 0 Å². The Kier molecular flexibility index (Phi) is 38.8. The van der Waals surface area contributed by atoms with Crippen LogP contribution in [0.15, 0.2) is 0 Å². The molecule has 0 rings (SSSR count). The maximum atomic E-state index is 12.3. The Morgan fingerprint density at radius 2 is 0.681 bits per heavy atom. The third-order valence-corrected chi connectivity index (χ3v) is 10.2. The Balaban J connectivity index is 3.42. The van der Waals surface area contributed by atoms with Crippen molar-refractivity contribution in [3.8, 4) is 0 Å². The van der Waals surface area contributed by atoms with E-state index in [1.165, 1.54) is 180 Å². The van der Waals surface area contributed by atoms with Crippen molar-refractivity contribution >= 4 is 11.7 Å². The molecule has 280 valence electrons. The van der Waals surface area contributed by atoms with Crippen molar-refractivity contribution in [3.63, 3.8) is 0 Å². The summed E-state index contributed by atoms with van der Waals surface area (Å²) in [6, 6.07) is -0.0774. The van der Waals surface area contributed by atoms with Gasteiger partial charge in [0, 0.05) is 19.3 Å². The summed E-state index contributed by atoms with van der Waals surface area (Å²) in [5.74, 6) is 0.578. The first-order valence-corrected chi connectivity index (χ1v) is 21.6. The van der Waals surface area contributed by atoms with Gasteiger partial charge in [0.15, 0.2) is 0 Å². The number of Topliss-reactive ketones (excluding diaryl/α,β-unsaturated/α-hetero) is 1. The fraction of sp³-hybridized carbons (Fsp3) is 0.953. The quantitative estimate of drug-likeness (QED) is 0.0641. The van der Waals surface area contributed by atoms with Crippen LogP contribution in [-0.2, 0) is 9.59 Å². The van der Waals surface area contributed by atoms with E-state index in [0.29, 0.717) is 12.2 Å². The van der Waals surface area contributed by atoms with Gasteiger partial charge < -0.3 is 10.4 Å². The van der Waals surface area contributed by atoms with Crippen molar-refractivity contribution in [2.45, 2.75) is 257 Å². The molecule has 4 heteroatoms. The maximum absolute atomic E-state index is 12.3. The average Bonchev–Trinajstić information content (AvgIpc) is 3.07. The zero-order chi connectivity index (χ0) is 34.3. The number of aliphatic hydroxyl groups is 1. The van der Waals surface area contributed by atoms with E-state index < -0.39 is 0 Å². The van der Waals surface area contributed by atoms with Crippen molar-refractivity contribution in [3.05, 3.63) is 0 Å². The van der Waals surface area contributed by atoms with Crippen molar-refractivity contribution in [1.82, 2.24) is 5.32 Å². The lowest BCUT2D eigenvalue weighted by molar-refractivity contribution is -0.122. The summed E-state index contributed by atoms with van der Waals surface area (Å²) in [7, 11) is 0. The molecule has 0 spiro atoms. The Labute approximate surface area is 295 Å². The van der Waals surface area contributed by atoms with E-state index in [4.69, 9.17) is 0 Å². The molecule has 0 aliphatic carbocycles. The van der Waals surface area contributed by atoms with Gasteiger partial charge in [-0.05, 0) is 25.7 Å². The van der Waals surface area contributed by atoms with Crippen LogP contribution in [0, 0.1) is 0 Å². The molecule has 0 aromatic carbocycles. The molecule has 2 N–H and O–H groups in total. The summed E-state index contributed by atoms with van der Waals surface area (Å²) < 4.78 is 0. The van der Waals surface area contributed by atoms with Crippen LogP contribution < -0.4 is 5.32 Å². The van der Waals surface area contributed by atoms with Gasteiger partial charge in [-0.1, -0.05) is 206 Å². The van der Waals surface area contributed by atoms with Gasteiger partial charge in [0.25, 0.3) is 0 Å². The van der Waals surface area contributed by atoms with Crippen LogP contribution in [0.3, 0.4) is 0 Å². The van der Waals surface area contributed by atoms with Crippen molar-refractivity contribution in [2.24, 2.45) is 0 Å². The van der Waals surface area contributed by atoms with E-state index in [0.717, 1.165) is 51.4 Å². The molecule has 0 aliphatic rings. The van der Waals surface area contributed by atoms with Crippen LogP contribution in [-0.4, -0.2) is 29.4 Å². The molecule has 0 heterocycles. The Hall–Kier alpha value is -0.900. The molecule has 0 aromatic heterocycles. The lowest BCUT2D eigenvalue weighted by atomic mass is 10.0. The van der Waals surface area contributed by atoms with E-state index in [9.17, 15) is 14.7 Å². The van der Waals surface area contributed by atoms with Crippen molar-refractivity contribution < 1.29 is 14.7 Å². The van der Waals surface area contributed by atoms with Gasteiger partial charge in [0.1, 0.15) is 5.78 Å². The second-order valence-corrected chi connectivity index (χ2v) is 15.0. The SMILES string of the molecule is CCCCCCCCCCCCCCCC[C@H](CO)NC(=O)CCCCCCCCCCC(=O)CCCCCCCCCCCCC. The minimum atomic E-state index is -0.0774. The zero-order valence-corrected chi connectivity index (χ0v) is 32.2. The first kappa shape index (κ1) is 46.1. The molecular formula is C43H85NO3. The number of carbonyl (C=O) groups is 2. The van der Waals surface area contributed by atoms with E-state index >= 15 is 0 Å². The summed E-state index contributed by atoms with van der Waals surface area (Å²) >= 11 is 0. The molecule has 0 aliphatic heterocycles. The van der Waals surface area contributed by atoms with Gasteiger partial charge in [-0.2, -0.15) is 0 Å². The minimum absolute atomic E-state index is 0.0507. The monoisotopic (exact) mass is 664 g/mol. The fourth-order valence-corrected chi connectivity index (χ4v) is 6.87. The Morgan fingerprint density at radius 1 is 0.404 bits per heavy atom. The van der Waals surface area contributed by atoms with Gasteiger partial charge >= 0.3 is 0 Å². The van der Waals surface area contributed by atoms with E-state index in [2.05, 4.69) is 19.2 Å². The van der Waals surface area contributed by atoms with Gasteiger partial charge in [0.2, 0.25) is 5.91 Å². The molecule has 0 fully saturated rings. The topological polar surface area (TPSA) is 66.4 Å².